The van der Waals surface area contributed by atoms with Crippen molar-refractivity contribution in [3.8, 4) is 0 Å². The summed E-state index contributed by atoms with van der Waals surface area (Å²) >= 11 is 0. The summed E-state index contributed by atoms with van der Waals surface area (Å²) in [5.41, 5.74) is -4.37. The molecule has 3 rings (SSSR count). The zero-order valence-electron chi connectivity index (χ0n) is 34.2. The summed E-state index contributed by atoms with van der Waals surface area (Å²) in [6.07, 6.45) is -8.19. The number of likely N-dealkylation sites (N-methyl/N-ethyl adjacent to an activating group) is 2. The number of hydrogen-bond acceptors (Lipinski definition) is 14. The topological polar surface area (TPSA) is 180 Å². The van der Waals surface area contributed by atoms with E-state index in [1.807, 2.05) is 51.7 Å². The van der Waals surface area contributed by atoms with Crippen LogP contribution in [0.2, 0.25) is 0 Å². The number of hydrogen-bond donors (Lipinski definition) is 5. The van der Waals surface area contributed by atoms with E-state index in [4.69, 9.17) is 28.4 Å². The quantitative estimate of drug-likeness (QED) is 0.238. The Hall–Kier alpha value is -1.01. The summed E-state index contributed by atoms with van der Waals surface area (Å²) in [5.74, 6) is -2.58. The van der Waals surface area contributed by atoms with Crippen LogP contribution in [-0.2, 0) is 33.2 Å². The van der Waals surface area contributed by atoms with Gasteiger partial charge in [-0.25, -0.2) is 0 Å². The highest BCUT2D eigenvalue weighted by atomic mass is 16.7. The van der Waals surface area contributed by atoms with Gasteiger partial charge in [0.25, 0.3) is 0 Å². The summed E-state index contributed by atoms with van der Waals surface area (Å²) in [5, 5.41) is 58.1. The molecular weight excluding hydrogens is 676 g/mol. The van der Waals surface area contributed by atoms with E-state index in [1.54, 1.807) is 41.5 Å². The molecule has 0 radical (unpaired) electrons. The predicted molar refractivity (Wildman–Crippen MR) is 194 cm³/mol. The summed E-state index contributed by atoms with van der Waals surface area (Å²) in [6, 6.07) is -0.808. The third-order valence-electron chi connectivity index (χ3n) is 12.2. The lowest BCUT2D eigenvalue weighted by Gasteiger charge is -2.48. The standard InChI is InChI=1S/C38H72N2O12/c1-15-27-38(10,46)31(42)24(6)40(13)19-20(2)17-36(8,45)33(52-35-29(41)26(39(11)12)16-21(3)48-35)22(4)30(23(5)34(44)50-27)51-28-18-37(9,47-14)32(43)25(7)49-28/h20-33,35,41-43,45-46H,15-19H2,1-14H3/t20-,21-,22+,23-,24-,25+,26+,27+,28-,29-,30-,31-,32+,33-,35+,36+,37-,38-/m1/s1. The molecule has 14 nitrogen and oxygen atoms in total. The van der Waals surface area contributed by atoms with E-state index in [0.29, 0.717) is 13.0 Å². The molecule has 0 amide bonds. The van der Waals surface area contributed by atoms with E-state index in [-0.39, 0.29) is 37.3 Å². The molecule has 0 saturated carbocycles. The predicted octanol–water partition coefficient (Wildman–Crippen LogP) is 1.90. The Morgan fingerprint density at radius 2 is 1.56 bits per heavy atom. The molecule has 3 heterocycles. The van der Waals surface area contributed by atoms with Gasteiger partial charge >= 0.3 is 5.97 Å². The van der Waals surface area contributed by atoms with Crippen molar-refractivity contribution in [1.82, 2.24) is 9.80 Å². The van der Waals surface area contributed by atoms with Gasteiger partial charge in [-0.2, -0.15) is 0 Å². The molecule has 18 atom stereocenters. The van der Waals surface area contributed by atoms with E-state index in [0.717, 1.165) is 0 Å². The third kappa shape index (κ3) is 10.0. The molecule has 0 aromatic rings. The maximum absolute atomic E-state index is 14.2. The Labute approximate surface area is 312 Å². The summed E-state index contributed by atoms with van der Waals surface area (Å²) in [7, 11) is 7.12. The number of esters is 1. The van der Waals surface area contributed by atoms with Gasteiger partial charge in [0.05, 0.1) is 41.5 Å². The lowest BCUT2D eigenvalue weighted by Crippen LogP contribution is -2.60. The Morgan fingerprint density at radius 3 is 2.12 bits per heavy atom. The van der Waals surface area contributed by atoms with Crippen LogP contribution in [0.15, 0.2) is 0 Å². The fourth-order valence-electron chi connectivity index (χ4n) is 8.74. The zero-order valence-corrected chi connectivity index (χ0v) is 34.2. The number of cyclic esters (lactones) is 1. The van der Waals surface area contributed by atoms with Crippen molar-refractivity contribution in [2.45, 2.75) is 185 Å². The van der Waals surface area contributed by atoms with Crippen LogP contribution in [0.1, 0.15) is 94.9 Å². The van der Waals surface area contributed by atoms with Crippen molar-refractivity contribution in [3.05, 3.63) is 0 Å². The van der Waals surface area contributed by atoms with Gasteiger partial charge in [0.2, 0.25) is 0 Å². The number of aliphatic hydroxyl groups excluding tert-OH is 3. The second-order valence-corrected chi connectivity index (χ2v) is 17.2. The second-order valence-electron chi connectivity index (χ2n) is 17.2. The number of aliphatic hydroxyl groups is 5. The molecule has 3 saturated heterocycles. The van der Waals surface area contributed by atoms with Gasteiger partial charge in [0.15, 0.2) is 12.6 Å². The summed E-state index contributed by atoms with van der Waals surface area (Å²) < 4.78 is 37.5. The largest absolute Gasteiger partial charge is 0.459 e. The second kappa shape index (κ2) is 17.8. The minimum absolute atomic E-state index is 0.133. The first-order valence-corrected chi connectivity index (χ1v) is 19.1. The van der Waals surface area contributed by atoms with Gasteiger partial charge in [0, 0.05) is 38.1 Å². The first-order valence-electron chi connectivity index (χ1n) is 19.1. The van der Waals surface area contributed by atoms with Crippen molar-refractivity contribution in [3.63, 3.8) is 0 Å². The van der Waals surface area contributed by atoms with Crippen molar-refractivity contribution in [1.29, 1.82) is 0 Å². The fourth-order valence-corrected chi connectivity index (χ4v) is 8.74. The first-order chi connectivity index (χ1) is 23.9. The number of methoxy groups -OCH3 is 1. The highest BCUT2D eigenvalue weighted by Gasteiger charge is 2.52. The molecule has 0 bridgehead atoms. The molecule has 52 heavy (non-hydrogen) atoms. The number of carbonyl (C=O) groups is 1. The molecule has 3 fully saturated rings. The SMILES string of the molecule is CC[C@@H]1OC(=O)[C@H](C)[C@H](O[C@@H]2C[C@@](C)(OC)[C@@H](O)[C@H](C)O2)[C@H](C)[C@@H](O[C@@H]2O[C@H](C)C[C@H](N(C)C)[C@H]2O)[C@@](C)(O)C[C@@H](C)CN(C)[C@H](C)[C@@H](O)[C@]1(C)O. The zero-order chi connectivity index (χ0) is 39.7. The molecule has 0 aromatic heterocycles. The molecule has 0 aromatic carbocycles. The van der Waals surface area contributed by atoms with Crippen LogP contribution in [-0.4, -0.2) is 166 Å². The van der Waals surface area contributed by atoms with E-state index in [1.165, 1.54) is 14.0 Å². The minimum Gasteiger partial charge on any atom is -0.459 e. The van der Waals surface area contributed by atoms with Gasteiger partial charge in [-0.15, -0.1) is 0 Å². The maximum atomic E-state index is 14.2. The Balaban J connectivity index is 2.17. The Bertz CT molecular complexity index is 1140. The van der Waals surface area contributed by atoms with Crippen molar-refractivity contribution in [2.24, 2.45) is 17.8 Å². The van der Waals surface area contributed by atoms with E-state index in [2.05, 4.69) is 0 Å². The number of rotatable bonds is 7. The number of ether oxygens (including phenoxy) is 6. The minimum atomic E-state index is -1.80. The molecule has 0 aliphatic carbocycles. The van der Waals surface area contributed by atoms with E-state index >= 15 is 0 Å². The van der Waals surface area contributed by atoms with E-state index < -0.39 is 96.0 Å². The van der Waals surface area contributed by atoms with Gasteiger partial charge in [-0.3, -0.25) is 4.79 Å². The van der Waals surface area contributed by atoms with Crippen molar-refractivity contribution < 1.29 is 58.7 Å². The van der Waals surface area contributed by atoms with Crippen LogP contribution >= 0.6 is 0 Å². The van der Waals surface area contributed by atoms with Crippen molar-refractivity contribution >= 4 is 5.97 Å². The van der Waals surface area contributed by atoms with Gasteiger partial charge in [0.1, 0.15) is 30.0 Å². The molecule has 14 heteroatoms. The number of carbonyl (C=O) groups excluding carboxylic acids is 1. The van der Waals surface area contributed by atoms with Gasteiger partial charge in [-0.05, 0) is 94.8 Å². The van der Waals surface area contributed by atoms with Crippen LogP contribution in [0.25, 0.3) is 0 Å². The smallest absolute Gasteiger partial charge is 0.311 e. The molecule has 3 aliphatic rings. The van der Waals surface area contributed by atoms with Gasteiger partial charge < -0.3 is 63.8 Å². The maximum Gasteiger partial charge on any atom is 0.311 e. The van der Waals surface area contributed by atoms with Crippen LogP contribution in [0.5, 0.6) is 0 Å². The third-order valence-corrected chi connectivity index (χ3v) is 12.2. The molecular formula is C38H72N2O12. The van der Waals surface area contributed by atoms with Gasteiger partial charge in [-0.1, -0.05) is 20.8 Å². The molecule has 5 N–H and O–H groups in total. The normalized spacial score (nSPS) is 49.6. The average Bonchev–Trinajstić information content (AvgIpc) is 3.05. The fraction of sp³-hybridized carbons (Fsp3) is 0.974. The summed E-state index contributed by atoms with van der Waals surface area (Å²) in [6.45, 7) is 18.0. The van der Waals surface area contributed by atoms with Crippen LogP contribution in [0.3, 0.4) is 0 Å². The lowest BCUT2D eigenvalue weighted by atomic mass is 9.77. The highest BCUT2D eigenvalue weighted by Crippen LogP contribution is 2.40. The average molecular weight is 749 g/mol. The first kappa shape index (κ1) is 45.4. The summed E-state index contributed by atoms with van der Waals surface area (Å²) in [4.78, 5) is 18.0. The monoisotopic (exact) mass is 749 g/mol. The Morgan fingerprint density at radius 1 is 0.942 bits per heavy atom. The molecule has 3 aliphatic heterocycles. The van der Waals surface area contributed by atoms with E-state index in [9.17, 15) is 30.3 Å². The molecule has 0 spiro atoms. The molecule has 306 valence electrons. The molecule has 0 unspecified atom stereocenters. The Kier molecular flexibility index (Phi) is 15.6. The van der Waals surface area contributed by atoms with Crippen LogP contribution < -0.4 is 0 Å². The van der Waals surface area contributed by atoms with Crippen LogP contribution in [0, 0.1) is 17.8 Å². The number of nitrogens with zero attached hydrogens (tertiary/aromatic N) is 2. The highest BCUT2D eigenvalue weighted by molar-refractivity contribution is 5.73. The lowest BCUT2D eigenvalue weighted by molar-refractivity contribution is -0.318. The van der Waals surface area contributed by atoms with Crippen molar-refractivity contribution in [2.75, 3.05) is 34.8 Å². The van der Waals surface area contributed by atoms with Crippen LogP contribution in [0.4, 0.5) is 0 Å².